The number of benzene rings is 9. The van der Waals surface area contributed by atoms with Crippen molar-refractivity contribution < 1.29 is 0 Å². The summed E-state index contributed by atoms with van der Waals surface area (Å²) in [5.41, 5.74) is 14.2. The molecule has 0 saturated carbocycles. The topological polar surface area (TPSA) is 36.2 Å². The summed E-state index contributed by atoms with van der Waals surface area (Å²) in [4.78, 5) is 5.14. The molecule has 1 N–H and O–H groups in total. The van der Waals surface area contributed by atoms with Gasteiger partial charge in [-0.25, -0.2) is 0 Å². The fraction of sp³-hybridized carbons (Fsp3) is 0.0545. The Labute approximate surface area is 333 Å². The van der Waals surface area contributed by atoms with Crippen LogP contribution in [0.2, 0.25) is 0 Å². The van der Waals surface area contributed by atoms with Gasteiger partial charge in [-0.2, -0.15) is 0 Å². The van der Waals surface area contributed by atoms with Crippen molar-refractivity contribution >= 4 is 49.9 Å². The Morgan fingerprint density at radius 3 is 1.89 bits per heavy atom. The molecule has 2 heteroatoms. The Kier molecular flexibility index (Phi) is 8.34. The summed E-state index contributed by atoms with van der Waals surface area (Å²) in [6, 6.07) is 66.8. The molecule has 0 spiro atoms. The van der Waals surface area contributed by atoms with Crippen molar-refractivity contribution in [1.29, 1.82) is 5.41 Å². The van der Waals surface area contributed by atoms with Gasteiger partial charge in [0, 0.05) is 22.8 Å². The predicted octanol–water partition coefficient (Wildman–Crippen LogP) is 14.3. The van der Waals surface area contributed by atoms with Crippen molar-refractivity contribution in [3.8, 4) is 33.4 Å². The molecule has 0 amide bonds. The van der Waals surface area contributed by atoms with Gasteiger partial charge in [-0.15, -0.1) is 0 Å². The lowest BCUT2D eigenvalue weighted by molar-refractivity contribution is 0.666. The summed E-state index contributed by atoms with van der Waals surface area (Å²) >= 11 is 0. The first-order valence-electron chi connectivity index (χ1n) is 19.6. The predicted molar refractivity (Wildman–Crippen MR) is 243 cm³/mol. The van der Waals surface area contributed by atoms with Gasteiger partial charge in [0.2, 0.25) is 0 Å². The molecule has 10 rings (SSSR count). The van der Waals surface area contributed by atoms with E-state index in [-0.39, 0.29) is 5.41 Å². The van der Waals surface area contributed by atoms with E-state index in [1.54, 1.807) is 0 Å². The van der Waals surface area contributed by atoms with Crippen LogP contribution in [0.25, 0.3) is 71.4 Å². The van der Waals surface area contributed by atoms with Crippen LogP contribution in [0.1, 0.15) is 41.7 Å². The number of nitrogens with one attached hydrogen (secondary N) is 1. The number of hydrogen-bond acceptors (Lipinski definition) is 2. The van der Waals surface area contributed by atoms with E-state index in [1.807, 2.05) is 42.6 Å². The number of nitrogens with zero attached hydrogens (tertiary/aromatic N) is 1. The summed E-state index contributed by atoms with van der Waals surface area (Å²) in [5, 5.41) is 16.2. The molecule has 9 aromatic carbocycles. The maximum Gasteiger partial charge on any atom is 0.0729 e. The average Bonchev–Trinajstić information content (AvgIpc) is 3.50. The van der Waals surface area contributed by atoms with Gasteiger partial charge in [0.25, 0.3) is 0 Å². The highest BCUT2D eigenvalue weighted by molar-refractivity contribution is 6.13. The van der Waals surface area contributed by atoms with Gasteiger partial charge in [-0.3, -0.25) is 4.99 Å². The van der Waals surface area contributed by atoms with Crippen LogP contribution < -0.4 is 0 Å². The molecule has 270 valence electrons. The van der Waals surface area contributed by atoms with Crippen molar-refractivity contribution in [2.75, 3.05) is 0 Å². The molecule has 0 aliphatic heterocycles. The molecule has 9 aromatic rings. The number of hydrogen-bond donors (Lipinski definition) is 1. The van der Waals surface area contributed by atoms with E-state index in [1.165, 1.54) is 60.7 Å². The molecule has 1 aliphatic rings. The Bertz CT molecular complexity index is 3090. The number of rotatable bonds is 7. The quantitative estimate of drug-likeness (QED) is 0.159. The van der Waals surface area contributed by atoms with E-state index in [9.17, 15) is 0 Å². The lowest BCUT2D eigenvalue weighted by Crippen LogP contribution is -2.15. The normalized spacial score (nSPS) is 13.3. The van der Waals surface area contributed by atoms with Crippen LogP contribution >= 0.6 is 0 Å². The van der Waals surface area contributed by atoms with Crippen LogP contribution in [0.4, 0.5) is 0 Å². The maximum atomic E-state index is 8.98. The molecule has 0 unspecified atom stereocenters. The fourth-order valence-electron chi connectivity index (χ4n) is 8.93. The first-order valence-corrected chi connectivity index (χ1v) is 19.6. The largest absolute Gasteiger partial charge is 0.300 e. The SMILES string of the molecule is CC1(C)c2ccc(-c3ccc(-c4ccc(C=N/C(=C\C(=N)c5ccccc5)c5cccc6ccccc56)c5ccccc45)cc3)cc2-c2ccc3ccccc3c21. The van der Waals surface area contributed by atoms with Gasteiger partial charge in [-0.05, 0) is 94.5 Å². The van der Waals surface area contributed by atoms with Gasteiger partial charge in [0.1, 0.15) is 0 Å². The fourth-order valence-corrected chi connectivity index (χ4v) is 8.93. The van der Waals surface area contributed by atoms with Gasteiger partial charge in [-0.1, -0.05) is 196 Å². The van der Waals surface area contributed by atoms with Crippen molar-refractivity contribution in [1.82, 2.24) is 0 Å². The number of allylic oxidation sites excluding steroid dienone is 1. The van der Waals surface area contributed by atoms with Crippen LogP contribution in [0.15, 0.2) is 199 Å². The summed E-state index contributed by atoms with van der Waals surface area (Å²) < 4.78 is 0. The molecule has 0 saturated heterocycles. The molecule has 1 aliphatic carbocycles. The summed E-state index contributed by atoms with van der Waals surface area (Å²) in [6.07, 6.45) is 3.84. The van der Waals surface area contributed by atoms with Crippen molar-refractivity contribution in [3.05, 3.63) is 222 Å². The van der Waals surface area contributed by atoms with E-state index < -0.39 is 0 Å². The molecule has 57 heavy (non-hydrogen) atoms. The average molecular weight is 729 g/mol. The molecule has 0 fully saturated rings. The molecule has 0 atom stereocenters. The second kappa shape index (κ2) is 13.8. The van der Waals surface area contributed by atoms with Crippen LogP contribution in [0.5, 0.6) is 0 Å². The van der Waals surface area contributed by atoms with E-state index in [0.29, 0.717) is 5.71 Å². The van der Waals surface area contributed by atoms with Gasteiger partial charge in [0.05, 0.1) is 11.4 Å². The molecule has 0 radical (unpaired) electrons. The number of aliphatic imine (C=N–C) groups is 1. The third kappa shape index (κ3) is 5.98. The lowest BCUT2D eigenvalue weighted by atomic mass is 9.80. The van der Waals surface area contributed by atoms with Crippen LogP contribution in [-0.2, 0) is 5.41 Å². The highest BCUT2D eigenvalue weighted by atomic mass is 14.7. The van der Waals surface area contributed by atoms with E-state index in [0.717, 1.165) is 38.5 Å². The highest BCUT2D eigenvalue weighted by Gasteiger charge is 2.36. The third-order valence-corrected chi connectivity index (χ3v) is 11.8. The van der Waals surface area contributed by atoms with E-state index in [2.05, 4.69) is 172 Å². The van der Waals surface area contributed by atoms with Gasteiger partial charge < -0.3 is 5.41 Å². The molecular weight excluding hydrogens is 689 g/mol. The van der Waals surface area contributed by atoms with Crippen molar-refractivity contribution in [2.24, 2.45) is 4.99 Å². The minimum Gasteiger partial charge on any atom is -0.300 e. The zero-order valence-electron chi connectivity index (χ0n) is 32.0. The van der Waals surface area contributed by atoms with Crippen LogP contribution in [-0.4, -0.2) is 11.9 Å². The molecular formula is C55H40N2. The molecule has 2 nitrogen and oxygen atoms in total. The zero-order valence-corrected chi connectivity index (χ0v) is 32.0. The standard InChI is InChI=1S/C55H40N2/c1-55(2)51-32-29-41(33-50(51)49-31-27-38-14-7-9-20-46(38)54(49)55)36-23-25-39(26-24-36)45-30-28-42(44-19-10-11-21-47(44)45)35-57-53(34-52(56)40-15-4-3-5-16-40)48-22-12-17-37-13-6-8-18-43(37)48/h3-35,56H,1-2H3/b53-34-,56-52?,57-35?. The Balaban J connectivity index is 0.997. The second-order valence-corrected chi connectivity index (χ2v) is 15.5. The van der Waals surface area contributed by atoms with Gasteiger partial charge >= 0.3 is 0 Å². The number of fused-ring (bicyclic) bond motifs is 7. The minimum absolute atomic E-state index is 0.0647. The monoisotopic (exact) mass is 728 g/mol. The Hall–Kier alpha value is -7.16. The van der Waals surface area contributed by atoms with Crippen molar-refractivity contribution in [3.63, 3.8) is 0 Å². The Morgan fingerprint density at radius 1 is 0.491 bits per heavy atom. The maximum absolute atomic E-state index is 8.98. The van der Waals surface area contributed by atoms with Crippen LogP contribution in [0, 0.1) is 5.41 Å². The van der Waals surface area contributed by atoms with Gasteiger partial charge in [0.15, 0.2) is 0 Å². The first-order chi connectivity index (χ1) is 27.9. The molecule has 0 bridgehead atoms. The summed E-state index contributed by atoms with van der Waals surface area (Å²) in [5.74, 6) is 0. The smallest absolute Gasteiger partial charge is 0.0729 e. The van der Waals surface area contributed by atoms with Crippen LogP contribution in [0.3, 0.4) is 0 Å². The van der Waals surface area contributed by atoms with E-state index >= 15 is 0 Å². The second-order valence-electron chi connectivity index (χ2n) is 15.5. The molecule has 0 aromatic heterocycles. The zero-order chi connectivity index (χ0) is 38.5. The third-order valence-electron chi connectivity index (χ3n) is 11.8. The minimum atomic E-state index is -0.0647. The van der Waals surface area contributed by atoms with E-state index in [4.69, 9.17) is 10.4 Å². The van der Waals surface area contributed by atoms with Crippen molar-refractivity contribution in [2.45, 2.75) is 19.3 Å². The summed E-state index contributed by atoms with van der Waals surface area (Å²) in [7, 11) is 0. The first kappa shape index (κ1) is 34.3. The molecule has 0 heterocycles. The summed E-state index contributed by atoms with van der Waals surface area (Å²) in [6.45, 7) is 4.72. The highest BCUT2D eigenvalue weighted by Crippen LogP contribution is 2.52. The lowest BCUT2D eigenvalue weighted by Gasteiger charge is -2.23. The Morgan fingerprint density at radius 2 is 1.11 bits per heavy atom.